The molecule has 0 saturated carbocycles. The van der Waals surface area contributed by atoms with Crippen LogP contribution in [0.25, 0.3) is 0 Å². The predicted octanol–water partition coefficient (Wildman–Crippen LogP) is 4.89. The highest BCUT2D eigenvalue weighted by molar-refractivity contribution is 7.80. The Kier molecular flexibility index (Phi) is 13.1. The number of unbranched alkanes of at least 4 members (excludes halogenated alkanes) is 2. The fraction of sp³-hybridized carbons (Fsp3) is 0.667. The molecule has 0 bridgehead atoms. The van der Waals surface area contributed by atoms with Crippen LogP contribution in [0.2, 0.25) is 0 Å². The van der Waals surface area contributed by atoms with Crippen molar-refractivity contribution in [3.63, 3.8) is 0 Å². The van der Waals surface area contributed by atoms with Gasteiger partial charge in [0.1, 0.15) is 23.4 Å². The summed E-state index contributed by atoms with van der Waals surface area (Å²) in [5.74, 6) is -0.854. The molecule has 3 N–H and O–H groups in total. The van der Waals surface area contributed by atoms with Gasteiger partial charge in [0.2, 0.25) is 11.8 Å². The van der Waals surface area contributed by atoms with Crippen molar-refractivity contribution in [1.29, 1.82) is 0 Å². The van der Waals surface area contributed by atoms with Gasteiger partial charge in [-0.15, -0.1) is 0 Å². The molecule has 0 aromatic heterocycles. The lowest BCUT2D eigenvalue weighted by atomic mass is 9.98. The molecule has 0 aliphatic carbocycles. The summed E-state index contributed by atoms with van der Waals surface area (Å²) in [4.78, 5) is 41.4. The number of alkyl carbamates (subject to hydrolysis) is 1. The first kappa shape index (κ1) is 31.6. The Balaban J connectivity index is 3.48. The molecule has 1 aromatic carbocycles. The largest absolute Gasteiger partial charge is 0.507 e. The van der Waals surface area contributed by atoms with E-state index < -0.39 is 29.7 Å². The van der Waals surface area contributed by atoms with Gasteiger partial charge in [0.15, 0.2) is 0 Å². The number of hydrogen-bond acceptors (Lipinski definition) is 6. The second-order valence-electron chi connectivity index (χ2n) is 10.2. The van der Waals surface area contributed by atoms with Crippen LogP contribution in [0, 0.1) is 6.92 Å². The monoisotopic (exact) mass is 523 g/mol. The van der Waals surface area contributed by atoms with E-state index in [-0.39, 0.29) is 30.0 Å². The Bertz CT molecular complexity index is 871. The Morgan fingerprint density at radius 1 is 1.11 bits per heavy atom. The zero-order chi connectivity index (χ0) is 27.5. The lowest BCUT2D eigenvalue weighted by Crippen LogP contribution is -2.54. The molecule has 0 heterocycles. The van der Waals surface area contributed by atoms with Crippen LogP contribution in [0.3, 0.4) is 0 Å². The summed E-state index contributed by atoms with van der Waals surface area (Å²) in [6.45, 7) is 13.2. The van der Waals surface area contributed by atoms with Crippen LogP contribution in [0.15, 0.2) is 18.2 Å². The van der Waals surface area contributed by atoms with E-state index in [0.29, 0.717) is 17.5 Å². The maximum Gasteiger partial charge on any atom is 0.408 e. The van der Waals surface area contributed by atoms with Crippen LogP contribution in [-0.4, -0.2) is 57.9 Å². The normalized spacial score (nSPS) is 13.9. The van der Waals surface area contributed by atoms with E-state index in [9.17, 15) is 19.5 Å². The van der Waals surface area contributed by atoms with Crippen molar-refractivity contribution in [2.45, 2.75) is 104 Å². The molecule has 0 spiro atoms. The van der Waals surface area contributed by atoms with E-state index >= 15 is 0 Å². The first-order chi connectivity index (χ1) is 16.9. The molecule has 36 heavy (non-hydrogen) atoms. The molecule has 0 aliphatic heterocycles. The minimum absolute atomic E-state index is 0.0166. The van der Waals surface area contributed by atoms with Crippen molar-refractivity contribution >= 4 is 30.5 Å². The molecule has 9 heteroatoms. The van der Waals surface area contributed by atoms with Gasteiger partial charge in [0.25, 0.3) is 0 Å². The summed E-state index contributed by atoms with van der Waals surface area (Å²) in [5.41, 5.74) is 0.210. The van der Waals surface area contributed by atoms with Crippen LogP contribution in [0.1, 0.15) is 90.8 Å². The maximum absolute atomic E-state index is 13.8. The average molecular weight is 524 g/mol. The Hall–Kier alpha value is -2.42. The van der Waals surface area contributed by atoms with E-state index in [4.69, 9.17) is 4.74 Å². The molecule has 1 aromatic rings. The standard InChI is InChI=1S/C27H45N3O5S/c1-8-10-11-16-30(25(33)21(17-36)29-26(34)35-27(5,6)7)22(24(32)28-19(4)13-9-2)20-15-12-14-18(3)23(20)31/h12,14-15,19,21-22,31,36H,8-11,13,16-17H2,1-7H3,(H,28,32)(H,29,34). The number of benzene rings is 1. The summed E-state index contributed by atoms with van der Waals surface area (Å²) in [6, 6.07) is 2.97. The number of phenols is 1. The first-order valence-electron chi connectivity index (χ1n) is 12.9. The van der Waals surface area contributed by atoms with Gasteiger partial charge in [-0.2, -0.15) is 12.6 Å². The van der Waals surface area contributed by atoms with Gasteiger partial charge < -0.3 is 25.4 Å². The molecule has 8 nitrogen and oxygen atoms in total. The van der Waals surface area contributed by atoms with Gasteiger partial charge in [0, 0.05) is 23.9 Å². The number of nitrogens with zero attached hydrogens (tertiary/aromatic N) is 1. The topological polar surface area (TPSA) is 108 Å². The third-order valence-electron chi connectivity index (χ3n) is 5.69. The van der Waals surface area contributed by atoms with Crippen molar-refractivity contribution in [3.8, 4) is 5.75 Å². The van der Waals surface area contributed by atoms with Crippen LogP contribution in [-0.2, 0) is 14.3 Å². The number of carbonyl (C=O) groups excluding carboxylic acids is 3. The van der Waals surface area contributed by atoms with E-state index in [1.54, 1.807) is 45.9 Å². The smallest absolute Gasteiger partial charge is 0.408 e. The molecule has 1 rings (SSSR count). The number of amides is 3. The molecule has 204 valence electrons. The number of hydrogen-bond donors (Lipinski definition) is 4. The number of nitrogens with one attached hydrogen (secondary N) is 2. The molecule has 0 saturated heterocycles. The Morgan fingerprint density at radius 3 is 2.33 bits per heavy atom. The zero-order valence-electron chi connectivity index (χ0n) is 22.9. The second-order valence-corrected chi connectivity index (χ2v) is 10.6. The Morgan fingerprint density at radius 2 is 1.78 bits per heavy atom. The summed E-state index contributed by atoms with van der Waals surface area (Å²) in [6.07, 6.45) is 3.38. The summed E-state index contributed by atoms with van der Waals surface area (Å²) in [7, 11) is 0. The number of ether oxygens (including phenoxy) is 1. The van der Waals surface area contributed by atoms with Crippen LogP contribution in [0.4, 0.5) is 4.79 Å². The van der Waals surface area contributed by atoms with Gasteiger partial charge in [0.05, 0.1) is 0 Å². The van der Waals surface area contributed by atoms with E-state index in [1.807, 2.05) is 13.8 Å². The summed E-state index contributed by atoms with van der Waals surface area (Å²) < 4.78 is 5.33. The number of rotatable bonds is 13. The molecular formula is C27H45N3O5S. The minimum atomic E-state index is -1.07. The molecule has 0 fully saturated rings. The number of aryl methyl sites for hydroxylation is 1. The minimum Gasteiger partial charge on any atom is -0.507 e. The molecule has 0 aliphatic rings. The quantitative estimate of drug-likeness (QED) is 0.218. The van der Waals surface area contributed by atoms with Crippen LogP contribution >= 0.6 is 12.6 Å². The number of aromatic hydroxyl groups is 1. The number of carbonyl (C=O) groups is 3. The van der Waals surface area contributed by atoms with E-state index in [0.717, 1.165) is 25.7 Å². The fourth-order valence-corrected chi connectivity index (χ4v) is 4.16. The summed E-state index contributed by atoms with van der Waals surface area (Å²) >= 11 is 4.30. The predicted molar refractivity (Wildman–Crippen MR) is 146 cm³/mol. The van der Waals surface area contributed by atoms with Crippen molar-refractivity contribution in [2.24, 2.45) is 0 Å². The highest BCUT2D eigenvalue weighted by Crippen LogP contribution is 2.32. The third kappa shape index (κ3) is 9.91. The molecule has 0 radical (unpaired) electrons. The van der Waals surface area contributed by atoms with Gasteiger partial charge in [-0.05, 0) is 53.0 Å². The Labute approximate surface area is 222 Å². The zero-order valence-corrected chi connectivity index (χ0v) is 23.8. The molecule has 3 atom stereocenters. The lowest BCUT2D eigenvalue weighted by Gasteiger charge is -2.35. The lowest BCUT2D eigenvalue weighted by molar-refractivity contribution is -0.142. The highest BCUT2D eigenvalue weighted by Gasteiger charge is 2.37. The van der Waals surface area contributed by atoms with Crippen molar-refractivity contribution in [2.75, 3.05) is 12.3 Å². The highest BCUT2D eigenvalue weighted by atomic mass is 32.1. The number of para-hydroxylation sites is 1. The van der Waals surface area contributed by atoms with E-state index in [2.05, 4.69) is 30.2 Å². The van der Waals surface area contributed by atoms with Crippen molar-refractivity contribution in [1.82, 2.24) is 15.5 Å². The number of thiol groups is 1. The number of phenolic OH excluding ortho intramolecular Hbond substituents is 1. The third-order valence-corrected chi connectivity index (χ3v) is 6.06. The summed E-state index contributed by atoms with van der Waals surface area (Å²) in [5, 5.41) is 16.5. The van der Waals surface area contributed by atoms with Crippen molar-refractivity contribution < 1.29 is 24.2 Å². The van der Waals surface area contributed by atoms with Gasteiger partial charge >= 0.3 is 6.09 Å². The molecule has 3 amide bonds. The van der Waals surface area contributed by atoms with Crippen LogP contribution in [0.5, 0.6) is 5.75 Å². The van der Waals surface area contributed by atoms with Gasteiger partial charge in [-0.25, -0.2) is 4.79 Å². The first-order valence-corrected chi connectivity index (χ1v) is 13.5. The second kappa shape index (κ2) is 15.0. The molecule has 3 unspecified atom stereocenters. The SMILES string of the molecule is CCCCCN(C(=O)C(CS)NC(=O)OC(C)(C)C)C(C(=O)NC(C)CCC)c1cccc(C)c1O. The fourth-order valence-electron chi connectivity index (χ4n) is 3.91. The van der Waals surface area contributed by atoms with E-state index in [1.165, 1.54) is 4.90 Å². The van der Waals surface area contributed by atoms with Gasteiger partial charge in [-0.1, -0.05) is 51.3 Å². The van der Waals surface area contributed by atoms with Crippen LogP contribution < -0.4 is 10.6 Å². The average Bonchev–Trinajstić information content (AvgIpc) is 2.78. The van der Waals surface area contributed by atoms with Gasteiger partial charge in [-0.3, -0.25) is 9.59 Å². The molecular weight excluding hydrogens is 478 g/mol. The maximum atomic E-state index is 13.8. The van der Waals surface area contributed by atoms with Crippen molar-refractivity contribution in [3.05, 3.63) is 29.3 Å².